The minimum absolute atomic E-state index is 0.0947. The van der Waals surface area contributed by atoms with Gasteiger partial charge in [-0.1, -0.05) is 28.1 Å². The summed E-state index contributed by atoms with van der Waals surface area (Å²) in [5, 5.41) is 6.78. The molecule has 0 fully saturated rings. The summed E-state index contributed by atoms with van der Waals surface area (Å²) < 4.78 is 30.1. The largest absolute Gasteiger partial charge is 0.326 e. The first-order valence-corrected chi connectivity index (χ1v) is 10.3. The van der Waals surface area contributed by atoms with E-state index in [1.54, 1.807) is 10.9 Å². The standard InChI is InChI=1S/C18H17BrN4O3S/c1-13(24)21-16-6-8-18(9-7-16)27(25,26)22-17-10-20-23(12-17)11-14-2-4-15(19)5-3-14/h2-10,12,22H,11H2,1H3,(H,21,24). The average molecular weight is 449 g/mol. The highest BCUT2D eigenvalue weighted by Crippen LogP contribution is 2.18. The van der Waals surface area contributed by atoms with Crippen LogP contribution in [0, 0.1) is 0 Å². The predicted molar refractivity (Wildman–Crippen MR) is 107 cm³/mol. The molecule has 1 heterocycles. The molecule has 3 aromatic rings. The first-order chi connectivity index (χ1) is 12.8. The molecule has 0 bridgehead atoms. The van der Waals surface area contributed by atoms with E-state index in [0.29, 0.717) is 17.9 Å². The van der Waals surface area contributed by atoms with Crippen molar-refractivity contribution in [2.75, 3.05) is 10.0 Å². The van der Waals surface area contributed by atoms with Crippen LogP contribution >= 0.6 is 15.9 Å². The van der Waals surface area contributed by atoms with Gasteiger partial charge < -0.3 is 5.32 Å². The van der Waals surface area contributed by atoms with Gasteiger partial charge in [-0.15, -0.1) is 0 Å². The fourth-order valence-electron chi connectivity index (χ4n) is 2.41. The number of carbonyl (C=O) groups excluding carboxylic acids is 1. The first kappa shape index (κ1) is 19.1. The number of nitrogens with one attached hydrogen (secondary N) is 2. The number of rotatable bonds is 6. The van der Waals surface area contributed by atoms with Gasteiger partial charge in [-0.05, 0) is 42.0 Å². The summed E-state index contributed by atoms with van der Waals surface area (Å²) in [6, 6.07) is 13.7. The number of carbonyl (C=O) groups is 1. The molecule has 2 aromatic carbocycles. The summed E-state index contributed by atoms with van der Waals surface area (Å²) in [6.07, 6.45) is 3.09. The van der Waals surface area contributed by atoms with Crippen LogP contribution in [0.1, 0.15) is 12.5 Å². The topological polar surface area (TPSA) is 93.1 Å². The van der Waals surface area contributed by atoms with E-state index in [9.17, 15) is 13.2 Å². The predicted octanol–water partition coefficient (Wildman–Crippen LogP) is 3.45. The zero-order chi connectivity index (χ0) is 19.4. The van der Waals surface area contributed by atoms with Crippen LogP contribution in [0.2, 0.25) is 0 Å². The van der Waals surface area contributed by atoms with Gasteiger partial charge in [0.1, 0.15) is 0 Å². The Hall–Kier alpha value is -2.65. The molecule has 1 amide bonds. The highest BCUT2D eigenvalue weighted by molar-refractivity contribution is 9.10. The molecule has 140 valence electrons. The lowest BCUT2D eigenvalue weighted by molar-refractivity contribution is -0.114. The van der Waals surface area contributed by atoms with Gasteiger partial charge in [0.2, 0.25) is 5.91 Å². The summed E-state index contributed by atoms with van der Waals surface area (Å²) in [6.45, 7) is 1.92. The van der Waals surface area contributed by atoms with Gasteiger partial charge in [0.25, 0.3) is 10.0 Å². The smallest absolute Gasteiger partial charge is 0.261 e. The number of halogens is 1. The van der Waals surface area contributed by atoms with Crippen molar-refractivity contribution < 1.29 is 13.2 Å². The Morgan fingerprint density at radius 2 is 1.74 bits per heavy atom. The summed E-state index contributed by atoms with van der Waals surface area (Å²) in [5.41, 5.74) is 1.95. The second-order valence-electron chi connectivity index (χ2n) is 5.86. The fourth-order valence-corrected chi connectivity index (χ4v) is 3.71. The minimum atomic E-state index is -3.75. The van der Waals surface area contributed by atoms with Gasteiger partial charge in [0, 0.05) is 23.3 Å². The molecular weight excluding hydrogens is 432 g/mol. The molecule has 2 N–H and O–H groups in total. The summed E-state index contributed by atoms with van der Waals surface area (Å²) in [5.74, 6) is -0.220. The average Bonchev–Trinajstić information content (AvgIpc) is 3.03. The molecule has 3 rings (SSSR count). The summed E-state index contributed by atoms with van der Waals surface area (Å²) in [7, 11) is -3.75. The maximum absolute atomic E-state index is 12.5. The third kappa shape index (κ3) is 5.18. The maximum atomic E-state index is 12.5. The van der Waals surface area contributed by atoms with Gasteiger partial charge in [0.05, 0.1) is 23.3 Å². The minimum Gasteiger partial charge on any atom is -0.326 e. The van der Waals surface area contributed by atoms with E-state index in [1.807, 2.05) is 24.3 Å². The fraction of sp³-hybridized carbons (Fsp3) is 0.111. The van der Waals surface area contributed by atoms with Crippen molar-refractivity contribution in [3.63, 3.8) is 0 Å². The molecule has 0 saturated carbocycles. The van der Waals surface area contributed by atoms with Crippen LogP contribution in [0.4, 0.5) is 11.4 Å². The molecule has 0 aliphatic heterocycles. The zero-order valence-electron chi connectivity index (χ0n) is 14.4. The lowest BCUT2D eigenvalue weighted by atomic mass is 10.2. The van der Waals surface area contributed by atoms with Crippen molar-refractivity contribution in [3.8, 4) is 0 Å². The van der Waals surface area contributed by atoms with E-state index in [4.69, 9.17) is 0 Å². The normalized spacial score (nSPS) is 11.2. The molecule has 27 heavy (non-hydrogen) atoms. The summed E-state index contributed by atoms with van der Waals surface area (Å²) >= 11 is 3.39. The molecule has 0 atom stereocenters. The van der Waals surface area contributed by atoms with Crippen LogP contribution in [0.3, 0.4) is 0 Å². The van der Waals surface area contributed by atoms with Crippen LogP contribution in [-0.2, 0) is 21.4 Å². The number of hydrogen-bond acceptors (Lipinski definition) is 4. The molecule has 0 radical (unpaired) electrons. The molecule has 9 heteroatoms. The molecular formula is C18H17BrN4O3S. The molecule has 0 saturated heterocycles. The van der Waals surface area contributed by atoms with E-state index >= 15 is 0 Å². The Morgan fingerprint density at radius 3 is 2.37 bits per heavy atom. The number of sulfonamides is 1. The Labute approximate surface area is 165 Å². The maximum Gasteiger partial charge on any atom is 0.261 e. The van der Waals surface area contributed by atoms with E-state index in [-0.39, 0.29) is 10.8 Å². The number of benzene rings is 2. The van der Waals surface area contributed by atoms with Crippen LogP contribution in [0.5, 0.6) is 0 Å². The van der Waals surface area contributed by atoms with Crippen LogP contribution < -0.4 is 10.0 Å². The number of aromatic nitrogens is 2. The second-order valence-corrected chi connectivity index (χ2v) is 8.46. The Morgan fingerprint density at radius 1 is 1.07 bits per heavy atom. The lowest BCUT2D eigenvalue weighted by Gasteiger charge is -2.07. The highest BCUT2D eigenvalue weighted by atomic mass is 79.9. The molecule has 0 aliphatic rings. The van der Waals surface area contributed by atoms with Crippen molar-refractivity contribution in [3.05, 3.63) is 71.0 Å². The quantitative estimate of drug-likeness (QED) is 0.603. The zero-order valence-corrected chi connectivity index (χ0v) is 16.8. The Kier molecular flexibility index (Phi) is 5.62. The first-order valence-electron chi connectivity index (χ1n) is 7.99. The van der Waals surface area contributed by atoms with Crippen molar-refractivity contribution >= 4 is 43.2 Å². The Balaban J connectivity index is 1.69. The van der Waals surface area contributed by atoms with Gasteiger partial charge in [-0.2, -0.15) is 5.10 Å². The molecule has 1 aromatic heterocycles. The second kappa shape index (κ2) is 7.93. The van der Waals surface area contributed by atoms with Crippen LogP contribution in [-0.4, -0.2) is 24.1 Å². The van der Waals surface area contributed by atoms with E-state index in [1.165, 1.54) is 37.4 Å². The van der Waals surface area contributed by atoms with E-state index in [2.05, 4.69) is 31.1 Å². The highest BCUT2D eigenvalue weighted by Gasteiger charge is 2.15. The van der Waals surface area contributed by atoms with Crippen molar-refractivity contribution in [2.24, 2.45) is 0 Å². The SMILES string of the molecule is CC(=O)Nc1ccc(S(=O)(=O)Nc2cnn(Cc3ccc(Br)cc3)c2)cc1. The molecule has 0 spiro atoms. The third-order valence-corrected chi connectivity index (χ3v) is 5.55. The molecule has 7 nitrogen and oxygen atoms in total. The molecule has 0 aliphatic carbocycles. The number of amides is 1. The number of nitrogens with zero attached hydrogens (tertiary/aromatic N) is 2. The lowest BCUT2D eigenvalue weighted by Crippen LogP contribution is -2.13. The monoisotopic (exact) mass is 448 g/mol. The van der Waals surface area contributed by atoms with E-state index < -0.39 is 10.0 Å². The third-order valence-electron chi connectivity index (χ3n) is 3.63. The van der Waals surface area contributed by atoms with Gasteiger partial charge in [-0.25, -0.2) is 8.42 Å². The summed E-state index contributed by atoms with van der Waals surface area (Å²) in [4.78, 5) is 11.1. The van der Waals surface area contributed by atoms with Crippen molar-refractivity contribution in [1.29, 1.82) is 0 Å². The van der Waals surface area contributed by atoms with Gasteiger partial charge in [0.15, 0.2) is 0 Å². The van der Waals surface area contributed by atoms with Crippen LogP contribution in [0.25, 0.3) is 0 Å². The van der Waals surface area contributed by atoms with Gasteiger partial charge in [-0.3, -0.25) is 14.2 Å². The van der Waals surface area contributed by atoms with E-state index in [0.717, 1.165) is 10.0 Å². The molecule has 0 unspecified atom stereocenters. The number of hydrogen-bond donors (Lipinski definition) is 2. The van der Waals surface area contributed by atoms with Crippen molar-refractivity contribution in [1.82, 2.24) is 9.78 Å². The number of anilines is 2. The van der Waals surface area contributed by atoms with Crippen LogP contribution in [0.15, 0.2) is 70.3 Å². The van der Waals surface area contributed by atoms with Crippen molar-refractivity contribution in [2.45, 2.75) is 18.4 Å². The van der Waals surface area contributed by atoms with Gasteiger partial charge >= 0.3 is 0 Å². The Bertz CT molecular complexity index is 1040.